The van der Waals surface area contributed by atoms with Crippen molar-refractivity contribution in [3.8, 4) is 11.4 Å². The molecule has 0 bridgehead atoms. The van der Waals surface area contributed by atoms with E-state index in [1.807, 2.05) is 6.92 Å². The molecule has 3 aromatic rings. The molecular formula is C33H45N5O. The van der Waals surface area contributed by atoms with Crippen LogP contribution in [0.2, 0.25) is 0 Å². The predicted molar refractivity (Wildman–Crippen MR) is 162 cm³/mol. The van der Waals surface area contributed by atoms with Gasteiger partial charge in [-0.2, -0.15) is 0 Å². The first-order chi connectivity index (χ1) is 18.5. The molecule has 0 saturated carbocycles. The van der Waals surface area contributed by atoms with Crippen LogP contribution in [0, 0.1) is 20.8 Å². The van der Waals surface area contributed by atoms with E-state index < -0.39 is 6.23 Å². The summed E-state index contributed by atoms with van der Waals surface area (Å²) in [6.45, 7) is 20.8. The van der Waals surface area contributed by atoms with Gasteiger partial charge < -0.3 is 14.9 Å². The Labute approximate surface area is 234 Å². The lowest BCUT2D eigenvalue weighted by Gasteiger charge is -2.47. The second kappa shape index (κ2) is 10.9. The van der Waals surface area contributed by atoms with Crippen molar-refractivity contribution in [2.75, 3.05) is 29.4 Å². The zero-order chi connectivity index (χ0) is 28.0. The Morgan fingerprint density at radius 1 is 0.897 bits per heavy atom. The van der Waals surface area contributed by atoms with Crippen LogP contribution in [0.4, 0.5) is 11.5 Å². The zero-order valence-electron chi connectivity index (χ0n) is 25.0. The Balaban J connectivity index is 1.61. The van der Waals surface area contributed by atoms with Gasteiger partial charge in [-0.25, -0.2) is 9.97 Å². The predicted octanol–water partition coefficient (Wildman–Crippen LogP) is 5.99. The molecule has 1 aromatic heterocycles. The standard InChI is InChI=1S/C33H45N5O/c1-20(2)27-13-12-21(3)30(16-27)36-15-14-29-28(19-36)33(38-18-24(6)37(26(8)39)17-25(38)7)35-32(34-29)31-22(4)10-9-11-23(31)5/h9-13,16,20,24-26,39H,14-15,17-19H2,1-8H3/t24-,25+,26?/m0/s1. The smallest absolute Gasteiger partial charge is 0.162 e. The molecule has 0 aliphatic carbocycles. The summed E-state index contributed by atoms with van der Waals surface area (Å²) in [6, 6.07) is 13.8. The van der Waals surface area contributed by atoms with E-state index in [1.165, 1.54) is 39.2 Å². The third-order valence-corrected chi connectivity index (χ3v) is 8.77. The fourth-order valence-corrected chi connectivity index (χ4v) is 6.41. The van der Waals surface area contributed by atoms with Crippen molar-refractivity contribution in [3.05, 3.63) is 69.9 Å². The van der Waals surface area contributed by atoms with E-state index >= 15 is 0 Å². The van der Waals surface area contributed by atoms with Crippen LogP contribution in [0.1, 0.15) is 74.0 Å². The number of benzene rings is 2. The summed E-state index contributed by atoms with van der Waals surface area (Å²) in [5.41, 5.74) is 9.98. The molecule has 208 valence electrons. The highest BCUT2D eigenvalue weighted by atomic mass is 16.3. The number of hydrogen-bond acceptors (Lipinski definition) is 6. The number of fused-ring (bicyclic) bond motifs is 1. The maximum absolute atomic E-state index is 10.4. The molecule has 39 heavy (non-hydrogen) atoms. The van der Waals surface area contributed by atoms with E-state index in [-0.39, 0.29) is 12.1 Å². The summed E-state index contributed by atoms with van der Waals surface area (Å²) in [5, 5.41) is 10.4. The second-order valence-corrected chi connectivity index (χ2v) is 12.1. The lowest BCUT2D eigenvalue weighted by Crippen LogP contribution is -2.59. The van der Waals surface area contributed by atoms with Crippen molar-refractivity contribution in [2.24, 2.45) is 0 Å². The Hall–Kier alpha value is -2.96. The van der Waals surface area contributed by atoms with Gasteiger partial charge in [-0.05, 0) is 75.8 Å². The van der Waals surface area contributed by atoms with Crippen LogP contribution in [0.15, 0.2) is 36.4 Å². The average molecular weight is 528 g/mol. The maximum Gasteiger partial charge on any atom is 0.162 e. The summed E-state index contributed by atoms with van der Waals surface area (Å²) in [4.78, 5) is 17.8. The van der Waals surface area contributed by atoms with Crippen LogP contribution in [-0.4, -0.2) is 57.9 Å². The molecule has 3 atom stereocenters. The lowest BCUT2D eigenvalue weighted by atomic mass is 9.97. The first-order valence-corrected chi connectivity index (χ1v) is 14.6. The number of rotatable bonds is 5. The quantitative estimate of drug-likeness (QED) is 0.440. The van der Waals surface area contributed by atoms with Gasteiger partial charge in [0.25, 0.3) is 0 Å². The normalized spacial score (nSPS) is 20.9. The van der Waals surface area contributed by atoms with E-state index in [9.17, 15) is 5.11 Å². The summed E-state index contributed by atoms with van der Waals surface area (Å²) >= 11 is 0. The van der Waals surface area contributed by atoms with Crippen molar-refractivity contribution in [1.82, 2.24) is 14.9 Å². The van der Waals surface area contributed by atoms with Gasteiger partial charge in [-0.1, -0.05) is 44.2 Å². The fraction of sp³-hybridized carbons (Fsp3) is 0.515. The molecule has 2 aliphatic heterocycles. The molecule has 1 N–H and O–H groups in total. The molecule has 0 radical (unpaired) electrons. The number of aryl methyl sites for hydroxylation is 3. The first-order valence-electron chi connectivity index (χ1n) is 14.6. The molecule has 5 rings (SSSR count). The molecule has 6 nitrogen and oxygen atoms in total. The lowest BCUT2D eigenvalue weighted by molar-refractivity contribution is -0.0198. The highest BCUT2D eigenvalue weighted by Gasteiger charge is 2.35. The van der Waals surface area contributed by atoms with Gasteiger partial charge >= 0.3 is 0 Å². The molecule has 0 spiro atoms. The zero-order valence-corrected chi connectivity index (χ0v) is 25.0. The molecule has 2 aromatic carbocycles. The minimum Gasteiger partial charge on any atom is -0.379 e. The minimum absolute atomic E-state index is 0.222. The number of hydrogen-bond donors (Lipinski definition) is 1. The van der Waals surface area contributed by atoms with Crippen LogP contribution in [0.5, 0.6) is 0 Å². The fourth-order valence-electron chi connectivity index (χ4n) is 6.41. The number of piperazine rings is 1. The Bertz CT molecular complexity index is 1330. The van der Waals surface area contributed by atoms with Gasteiger partial charge in [0.2, 0.25) is 0 Å². The molecule has 1 unspecified atom stereocenters. The molecule has 3 heterocycles. The van der Waals surface area contributed by atoms with Gasteiger partial charge in [0.15, 0.2) is 5.82 Å². The third kappa shape index (κ3) is 5.29. The van der Waals surface area contributed by atoms with Crippen LogP contribution < -0.4 is 9.80 Å². The van der Waals surface area contributed by atoms with E-state index in [0.29, 0.717) is 5.92 Å². The van der Waals surface area contributed by atoms with Crippen molar-refractivity contribution in [1.29, 1.82) is 0 Å². The number of anilines is 2. The van der Waals surface area contributed by atoms with Crippen LogP contribution >= 0.6 is 0 Å². The van der Waals surface area contributed by atoms with Crippen molar-refractivity contribution in [2.45, 2.75) is 92.6 Å². The molecular weight excluding hydrogens is 482 g/mol. The van der Waals surface area contributed by atoms with Crippen LogP contribution in [0.25, 0.3) is 11.4 Å². The van der Waals surface area contributed by atoms with E-state index in [4.69, 9.17) is 9.97 Å². The first kappa shape index (κ1) is 27.6. The molecule has 2 aliphatic rings. The molecule has 1 saturated heterocycles. The number of nitrogens with zero attached hydrogens (tertiary/aromatic N) is 5. The Morgan fingerprint density at radius 2 is 1.62 bits per heavy atom. The Morgan fingerprint density at radius 3 is 2.28 bits per heavy atom. The number of aromatic nitrogens is 2. The highest BCUT2D eigenvalue weighted by Crippen LogP contribution is 2.37. The maximum atomic E-state index is 10.4. The summed E-state index contributed by atoms with van der Waals surface area (Å²) in [5.74, 6) is 2.39. The van der Waals surface area contributed by atoms with Gasteiger partial charge in [0, 0.05) is 61.5 Å². The topological polar surface area (TPSA) is 55.7 Å². The van der Waals surface area contributed by atoms with Crippen molar-refractivity contribution < 1.29 is 5.11 Å². The minimum atomic E-state index is -0.458. The van der Waals surface area contributed by atoms with Crippen LogP contribution in [0.3, 0.4) is 0 Å². The van der Waals surface area contributed by atoms with Crippen molar-refractivity contribution in [3.63, 3.8) is 0 Å². The van der Waals surface area contributed by atoms with E-state index in [0.717, 1.165) is 49.8 Å². The largest absolute Gasteiger partial charge is 0.379 e. The second-order valence-electron chi connectivity index (χ2n) is 12.1. The van der Waals surface area contributed by atoms with Gasteiger partial charge in [0.1, 0.15) is 12.0 Å². The van der Waals surface area contributed by atoms with Gasteiger partial charge in [-0.15, -0.1) is 0 Å². The molecule has 6 heteroatoms. The Kier molecular flexibility index (Phi) is 7.71. The molecule has 0 amide bonds. The average Bonchev–Trinajstić information content (AvgIpc) is 2.89. The summed E-state index contributed by atoms with van der Waals surface area (Å²) < 4.78 is 0. The van der Waals surface area contributed by atoms with Crippen LogP contribution in [-0.2, 0) is 13.0 Å². The van der Waals surface area contributed by atoms with Gasteiger partial charge in [-0.3, -0.25) is 4.90 Å². The monoisotopic (exact) mass is 527 g/mol. The SMILES string of the molecule is Cc1ccc(C(C)C)cc1N1CCc2nc(-c3c(C)cccc3C)nc(N3C[C@H](C)N(C(C)O)C[C@H]3C)c2C1. The highest BCUT2D eigenvalue weighted by molar-refractivity contribution is 5.68. The number of aliphatic hydroxyl groups is 1. The van der Waals surface area contributed by atoms with E-state index in [1.54, 1.807) is 0 Å². The number of aliphatic hydroxyl groups excluding tert-OH is 1. The van der Waals surface area contributed by atoms with Crippen molar-refractivity contribution >= 4 is 11.5 Å². The summed E-state index contributed by atoms with van der Waals surface area (Å²) in [7, 11) is 0. The summed E-state index contributed by atoms with van der Waals surface area (Å²) in [6.07, 6.45) is 0.437. The van der Waals surface area contributed by atoms with E-state index in [2.05, 4.69) is 99.6 Å². The third-order valence-electron chi connectivity index (χ3n) is 8.77. The molecule has 1 fully saturated rings. The van der Waals surface area contributed by atoms with Gasteiger partial charge in [0.05, 0.1) is 5.69 Å².